The molecule has 0 amide bonds. The second-order valence-electron chi connectivity index (χ2n) is 4.46. The predicted molar refractivity (Wildman–Crippen MR) is 70.3 cm³/mol. The third-order valence-corrected chi connectivity index (χ3v) is 2.81. The topological polar surface area (TPSA) is 12.0 Å². The zero-order valence-corrected chi connectivity index (χ0v) is 10.9. The molecule has 0 aliphatic heterocycles. The number of rotatable bonds is 10. The van der Waals surface area contributed by atoms with E-state index in [1.165, 1.54) is 51.4 Å². The molecular formula is C14H29N. The van der Waals surface area contributed by atoms with E-state index in [0.29, 0.717) is 0 Å². The second kappa shape index (κ2) is 11.8. The summed E-state index contributed by atoms with van der Waals surface area (Å²) in [6, 6.07) is 0. The molecule has 1 nitrogen and oxygen atoms in total. The fraction of sp³-hybridized carbons (Fsp3) is 0.857. The molecule has 0 saturated heterocycles. The zero-order valence-electron chi connectivity index (χ0n) is 10.9. The molecule has 0 fully saturated rings. The molecule has 0 unspecified atom stereocenters. The van der Waals surface area contributed by atoms with Crippen LogP contribution in [0.1, 0.15) is 65.2 Å². The average Bonchev–Trinajstić information content (AvgIpc) is 2.23. The van der Waals surface area contributed by atoms with Crippen LogP contribution in [0.5, 0.6) is 0 Å². The molecule has 0 radical (unpaired) electrons. The lowest BCUT2D eigenvalue weighted by atomic mass is 10.1. The van der Waals surface area contributed by atoms with E-state index >= 15 is 0 Å². The van der Waals surface area contributed by atoms with Crippen molar-refractivity contribution >= 4 is 0 Å². The SMILES string of the molecule is CCCCCCCCC(C)=CCCNC. The minimum atomic E-state index is 1.10. The highest BCUT2D eigenvalue weighted by molar-refractivity contribution is 4.97. The smallest absolute Gasteiger partial charge is 0.00172 e. The Kier molecular flexibility index (Phi) is 11.5. The summed E-state index contributed by atoms with van der Waals surface area (Å²) in [5, 5.41) is 3.17. The van der Waals surface area contributed by atoms with E-state index in [0.717, 1.165) is 6.54 Å². The van der Waals surface area contributed by atoms with Crippen LogP contribution in [0.25, 0.3) is 0 Å². The number of unbranched alkanes of at least 4 members (excludes halogenated alkanes) is 5. The van der Waals surface area contributed by atoms with Crippen LogP contribution in [0.4, 0.5) is 0 Å². The Morgan fingerprint density at radius 1 is 1.07 bits per heavy atom. The van der Waals surface area contributed by atoms with Crippen molar-refractivity contribution in [1.82, 2.24) is 5.32 Å². The summed E-state index contributed by atoms with van der Waals surface area (Å²) in [6.07, 6.45) is 13.3. The molecule has 0 rings (SSSR count). The van der Waals surface area contributed by atoms with Crippen LogP contribution >= 0.6 is 0 Å². The molecule has 0 aromatic heterocycles. The van der Waals surface area contributed by atoms with Gasteiger partial charge in [-0.3, -0.25) is 0 Å². The first-order valence-corrected chi connectivity index (χ1v) is 6.61. The summed E-state index contributed by atoms with van der Waals surface area (Å²) >= 11 is 0. The van der Waals surface area contributed by atoms with Crippen molar-refractivity contribution in [3.05, 3.63) is 11.6 Å². The lowest BCUT2D eigenvalue weighted by molar-refractivity contribution is 0.606. The summed E-state index contributed by atoms with van der Waals surface area (Å²) < 4.78 is 0. The Hall–Kier alpha value is -0.300. The molecule has 0 heterocycles. The molecular weight excluding hydrogens is 182 g/mol. The van der Waals surface area contributed by atoms with Gasteiger partial charge in [-0.1, -0.05) is 50.7 Å². The maximum absolute atomic E-state index is 3.17. The van der Waals surface area contributed by atoms with Crippen molar-refractivity contribution in [2.24, 2.45) is 0 Å². The van der Waals surface area contributed by atoms with Gasteiger partial charge < -0.3 is 5.32 Å². The summed E-state index contributed by atoms with van der Waals surface area (Å²) in [5.74, 6) is 0. The highest BCUT2D eigenvalue weighted by atomic mass is 14.8. The van der Waals surface area contributed by atoms with Crippen molar-refractivity contribution in [3.8, 4) is 0 Å². The Balaban J connectivity index is 3.22. The van der Waals surface area contributed by atoms with Gasteiger partial charge in [0.05, 0.1) is 0 Å². The van der Waals surface area contributed by atoms with E-state index in [4.69, 9.17) is 0 Å². The largest absolute Gasteiger partial charge is 0.319 e. The first kappa shape index (κ1) is 14.7. The lowest BCUT2D eigenvalue weighted by Crippen LogP contribution is -2.06. The van der Waals surface area contributed by atoms with E-state index in [9.17, 15) is 0 Å². The van der Waals surface area contributed by atoms with E-state index in [1.807, 2.05) is 7.05 Å². The Labute approximate surface area is 96.3 Å². The van der Waals surface area contributed by atoms with Gasteiger partial charge in [-0.05, 0) is 39.8 Å². The van der Waals surface area contributed by atoms with Crippen LogP contribution in [-0.2, 0) is 0 Å². The third kappa shape index (κ3) is 11.6. The van der Waals surface area contributed by atoms with Crippen LogP contribution in [0.3, 0.4) is 0 Å². The zero-order chi connectivity index (χ0) is 11.4. The Morgan fingerprint density at radius 3 is 2.40 bits per heavy atom. The predicted octanol–water partition coefficient (Wildman–Crippen LogP) is 4.29. The van der Waals surface area contributed by atoms with Crippen LogP contribution in [-0.4, -0.2) is 13.6 Å². The van der Waals surface area contributed by atoms with Gasteiger partial charge in [0.2, 0.25) is 0 Å². The molecule has 0 bridgehead atoms. The van der Waals surface area contributed by atoms with Crippen LogP contribution in [0.2, 0.25) is 0 Å². The van der Waals surface area contributed by atoms with Gasteiger partial charge in [-0.2, -0.15) is 0 Å². The fourth-order valence-electron chi connectivity index (χ4n) is 1.75. The fourth-order valence-corrected chi connectivity index (χ4v) is 1.75. The Morgan fingerprint density at radius 2 is 1.73 bits per heavy atom. The number of hydrogen-bond donors (Lipinski definition) is 1. The van der Waals surface area contributed by atoms with Gasteiger partial charge >= 0.3 is 0 Å². The van der Waals surface area contributed by atoms with E-state index < -0.39 is 0 Å². The average molecular weight is 211 g/mol. The van der Waals surface area contributed by atoms with E-state index in [1.54, 1.807) is 5.57 Å². The van der Waals surface area contributed by atoms with Crippen LogP contribution in [0, 0.1) is 0 Å². The normalized spacial score (nSPS) is 12.1. The minimum Gasteiger partial charge on any atom is -0.319 e. The molecule has 0 aromatic carbocycles. The molecule has 0 atom stereocenters. The highest BCUT2D eigenvalue weighted by Crippen LogP contribution is 2.11. The van der Waals surface area contributed by atoms with Crippen LogP contribution < -0.4 is 5.32 Å². The molecule has 1 N–H and O–H groups in total. The standard InChI is InChI=1S/C14H29N/c1-4-5-6-7-8-9-11-14(2)12-10-13-15-3/h12,15H,4-11,13H2,1-3H3. The molecule has 0 aliphatic rings. The van der Waals surface area contributed by atoms with Gasteiger partial charge in [0.25, 0.3) is 0 Å². The maximum atomic E-state index is 3.17. The molecule has 15 heavy (non-hydrogen) atoms. The van der Waals surface area contributed by atoms with Crippen molar-refractivity contribution in [2.45, 2.75) is 65.2 Å². The van der Waals surface area contributed by atoms with Gasteiger partial charge in [-0.25, -0.2) is 0 Å². The maximum Gasteiger partial charge on any atom is -0.00172 e. The number of nitrogens with one attached hydrogen (secondary N) is 1. The summed E-state index contributed by atoms with van der Waals surface area (Å²) in [4.78, 5) is 0. The van der Waals surface area contributed by atoms with Gasteiger partial charge in [0.1, 0.15) is 0 Å². The van der Waals surface area contributed by atoms with Gasteiger partial charge in [-0.15, -0.1) is 0 Å². The lowest BCUT2D eigenvalue weighted by Gasteiger charge is -2.02. The third-order valence-electron chi connectivity index (χ3n) is 2.81. The molecule has 0 aliphatic carbocycles. The Bertz CT molecular complexity index is 149. The summed E-state index contributed by atoms with van der Waals surface area (Å²) in [7, 11) is 2.01. The van der Waals surface area contributed by atoms with Crippen molar-refractivity contribution in [1.29, 1.82) is 0 Å². The van der Waals surface area contributed by atoms with Crippen molar-refractivity contribution < 1.29 is 0 Å². The number of hydrogen-bond acceptors (Lipinski definition) is 1. The monoisotopic (exact) mass is 211 g/mol. The van der Waals surface area contributed by atoms with Gasteiger partial charge in [0.15, 0.2) is 0 Å². The first-order valence-electron chi connectivity index (χ1n) is 6.61. The van der Waals surface area contributed by atoms with E-state index in [-0.39, 0.29) is 0 Å². The molecule has 0 spiro atoms. The minimum absolute atomic E-state index is 1.10. The van der Waals surface area contributed by atoms with Crippen molar-refractivity contribution in [3.63, 3.8) is 0 Å². The highest BCUT2D eigenvalue weighted by Gasteiger charge is 1.92. The van der Waals surface area contributed by atoms with Crippen molar-refractivity contribution in [2.75, 3.05) is 13.6 Å². The summed E-state index contributed by atoms with van der Waals surface area (Å²) in [6.45, 7) is 5.64. The first-order chi connectivity index (χ1) is 7.31. The molecule has 1 heteroatoms. The van der Waals surface area contributed by atoms with Crippen LogP contribution in [0.15, 0.2) is 11.6 Å². The molecule has 0 saturated carbocycles. The molecule has 90 valence electrons. The van der Waals surface area contributed by atoms with Gasteiger partial charge in [0, 0.05) is 0 Å². The summed E-state index contributed by atoms with van der Waals surface area (Å²) in [5.41, 5.74) is 1.57. The number of allylic oxidation sites excluding steroid dienone is 1. The second-order valence-corrected chi connectivity index (χ2v) is 4.46. The molecule has 0 aromatic rings. The quantitative estimate of drug-likeness (QED) is 0.420. The van der Waals surface area contributed by atoms with E-state index in [2.05, 4.69) is 25.2 Å².